The molecule has 0 aliphatic carbocycles. The number of carbonyl (C=O) groups excluding carboxylic acids is 2. The van der Waals surface area contributed by atoms with Crippen LogP contribution in [0.15, 0.2) is 42.5 Å². The summed E-state index contributed by atoms with van der Waals surface area (Å²) < 4.78 is 6.26. The van der Waals surface area contributed by atoms with Crippen LogP contribution in [0.4, 0.5) is 0 Å². The highest BCUT2D eigenvalue weighted by Crippen LogP contribution is 2.39. The Balaban J connectivity index is 1.48. The quantitative estimate of drug-likeness (QED) is 0.753. The lowest BCUT2D eigenvalue weighted by molar-refractivity contribution is -0.00572. The molecule has 0 aromatic heterocycles. The van der Waals surface area contributed by atoms with E-state index in [9.17, 15) is 9.59 Å². The summed E-state index contributed by atoms with van der Waals surface area (Å²) in [6, 6.07) is 12.7. The molecule has 26 heavy (non-hydrogen) atoms. The molecular weight excluding hydrogens is 350 g/mol. The summed E-state index contributed by atoms with van der Waals surface area (Å²) in [5, 5.41) is 0.613. The molecule has 0 unspecified atom stereocenters. The first kappa shape index (κ1) is 17.1. The van der Waals surface area contributed by atoms with Crippen LogP contribution in [0.1, 0.15) is 45.5 Å². The van der Waals surface area contributed by atoms with E-state index in [1.807, 2.05) is 30.0 Å². The minimum absolute atomic E-state index is 0.00493. The number of likely N-dealkylation sites (tertiary alicyclic amines) is 1. The fourth-order valence-corrected chi connectivity index (χ4v) is 3.91. The van der Waals surface area contributed by atoms with Gasteiger partial charge in [0.05, 0.1) is 12.0 Å². The minimum Gasteiger partial charge on any atom is -0.486 e. The fourth-order valence-electron chi connectivity index (χ4n) is 3.78. The maximum Gasteiger partial charge on any atom is 0.253 e. The Morgan fingerprint density at radius 3 is 2.50 bits per heavy atom. The van der Waals surface area contributed by atoms with Gasteiger partial charge in [0, 0.05) is 36.5 Å². The molecule has 0 radical (unpaired) electrons. The van der Waals surface area contributed by atoms with Crippen LogP contribution in [0.2, 0.25) is 5.02 Å². The second kappa shape index (κ2) is 6.44. The van der Waals surface area contributed by atoms with Crippen LogP contribution < -0.4 is 4.74 Å². The van der Waals surface area contributed by atoms with E-state index in [0.717, 1.165) is 5.56 Å². The molecule has 2 aromatic carbocycles. The van der Waals surface area contributed by atoms with Crippen LogP contribution in [0, 0.1) is 6.92 Å². The lowest BCUT2D eigenvalue weighted by Gasteiger charge is -2.44. The van der Waals surface area contributed by atoms with Crippen LogP contribution in [-0.4, -0.2) is 35.3 Å². The Morgan fingerprint density at radius 2 is 1.81 bits per heavy atom. The van der Waals surface area contributed by atoms with Crippen molar-refractivity contribution in [3.8, 4) is 5.75 Å². The predicted octanol–water partition coefficient (Wildman–Crippen LogP) is 4.29. The van der Waals surface area contributed by atoms with Crippen LogP contribution >= 0.6 is 11.6 Å². The number of rotatable bonds is 1. The number of Topliss-reactive ketones (excluding diaryl/α,β-unsaturated/α-hetero) is 1. The van der Waals surface area contributed by atoms with Crippen molar-refractivity contribution in [2.24, 2.45) is 0 Å². The van der Waals surface area contributed by atoms with Gasteiger partial charge in [-0.2, -0.15) is 0 Å². The van der Waals surface area contributed by atoms with Crippen molar-refractivity contribution in [1.82, 2.24) is 4.90 Å². The van der Waals surface area contributed by atoms with Gasteiger partial charge in [0.25, 0.3) is 5.91 Å². The van der Waals surface area contributed by atoms with Crippen molar-refractivity contribution in [3.05, 3.63) is 64.2 Å². The van der Waals surface area contributed by atoms with Gasteiger partial charge in [-0.15, -0.1) is 0 Å². The Hall–Kier alpha value is -2.33. The molecule has 0 atom stereocenters. The van der Waals surface area contributed by atoms with E-state index in [1.165, 1.54) is 0 Å². The van der Waals surface area contributed by atoms with Gasteiger partial charge in [0.1, 0.15) is 11.4 Å². The van der Waals surface area contributed by atoms with Crippen LogP contribution in [-0.2, 0) is 0 Å². The highest BCUT2D eigenvalue weighted by Gasteiger charge is 2.43. The second-order valence-corrected chi connectivity index (χ2v) is 7.62. The number of hydrogen-bond acceptors (Lipinski definition) is 3. The van der Waals surface area contributed by atoms with Gasteiger partial charge in [-0.3, -0.25) is 9.59 Å². The van der Waals surface area contributed by atoms with E-state index in [4.69, 9.17) is 16.3 Å². The maximum absolute atomic E-state index is 12.7. The Morgan fingerprint density at radius 1 is 1.12 bits per heavy atom. The van der Waals surface area contributed by atoms with Crippen molar-refractivity contribution in [3.63, 3.8) is 0 Å². The average Bonchev–Trinajstić information content (AvgIpc) is 2.63. The van der Waals surface area contributed by atoms with E-state index < -0.39 is 5.60 Å². The molecular formula is C21H20ClNO3. The minimum atomic E-state index is -0.490. The van der Waals surface area contributed by atoms with Crippen molar-refractivity contribution in [1.29, 1.82) is 0 Å². The molecule has 1 spiro atoms. The molecule has 5 heteroatoms. The summed E-state index contributed by atoms with van der Waals surface area (Å²) >= 11 is 5.89. The maximum atomic E-state index is 12.7. The molecule has 4 rings (SSSR count). The number of benzene rings is 2. The molecule has 1 fully saturated rings. The molecule has 0 saturated carbocycles. The standard InChI is InChI=1S/C21H20ClNO3/c1-14-2-7-19-17(12-14)18(24)13-21(26-19)8-10-23(11-9-21)20(25)15-3-5-16(22)6-4-15/h2-7,12H,8-11,13H2,1H3. The Bertz CT molecular complexity index is 867. The zero-order valence-electron chi connectivity index (χ0n) is 14.6. The SMILES string of the molecule is Cc1ccc2c(c1)C(=O)CC1(CCN(C(=O)c3ccc(Cl)cc3)CC1)O2. The van der Waals surface area contributed by atoms with Crippen molar-refractivity contribution >= 4 is 23.3 Å². The topological polar surface area (TPSA) is 46.6 Å². The first-order valence-electron chi connectivity index (χ1n) is 8.84. The zero-order chi connectivity index (χ0) is 18.3. The van der Waals surface area contributed by atoms with Crippen molar-refractivity contribution in [2.45, 2.75) is 31.8 Å². The van der Waals surface area contributed by atoms with E-state index in [0.29, 0.717) is 54.3 Å². The number of carbonyl (C=O) groups is 2. The van der Waals surface area contributed by atoms with E-state index >= 15 is 0 Å². The molecule has 0 bridgehead atoms. The van der Waals surface area contributed by atoms with Crippen LogP contribution in [0.5, 0.6) is 5.75 Å². The number of aryl methyl sites for hydroxylation is 1. The predicted molar refractivity (Wildman–Crippen MR) is 100 cm³/mol. The molecule has 134 valence electrons. The van der Waals surface area contributed by atoms with Gasteiger partial charge in [-0.25, -0.2) is 0 Å². The molecule has 2 aromatic rings. The highest BCUT2D eigenvalue weighted by molar-refractivity contribution is 6.30. The first-order valence-corrected chi connectivity index (χ1v) is 9.21. The van der Waals surface area contributed by atoms with Gasteiger partial charge < -0.3 is 9.64 Å². The van der Waals surface area contributed by atoms with Gasteiger partial charge in [-0.1, -0.05) is 23.2 Å². The van der Waals surface area contributed by atoms with Gasteiger partial charge in [0.15, 0.2) is 5.78 Å². The molecule has 0 N–H and O–H groups in total. The number of halogens is 1. The summed E-state index contributed by atoms with van der Waals surface area (Å²) in [6.07, 6.45) is 1.70. The Labute approximate surface area is 157 Å². The van der Waals surface area contributed by atoms with Gasteiger partial charge in [0.2, 0.25) is 0 Å². The second-order valence-electron chi connectivity index (χ2n) is 7.18. The van der Waals surface area contributed by atoms with Crippen LogP contribution in [0.3, 0.4) is 0 Å². The summed E-state index contributed by atoms with van der Waals surface area (Å²) in [5.41, 5.74) is 1.87. The summed E-state index contributed by atoms with van der Waals surface area (Å²) in [7, 11) is 0. The molecule has 1 saturated heterocycles. The third kappa shape index (κ3) is 3.10. The number of hydrogen-bond donors (Lipinski definition) is 0. The molecule has 2 aliphatic heterocycles. The number of ether oxygens (including phenoxy) is 1. The third-order valence-corrected chi connectivity index (χ3v) is 5.55. The number of fused-ring (bicyclic) bond motifs is 1. The smallest absolute Gasteiger partial charge is 0.253 e. The highest BCUT2D eigenvalue weighted by atomic mass is 35.5. The van der Waals surface area contributed by atoms with Crippen molar-refractivity contribution < 1.29 is 14.3 Å². The molecule has 2 aliphatic rings. The van der Waals surface area contributed by atoms with Gasteiger partial charge in [-0.05, 0) is 43.3 Å². The lowest BCUT2D eigenvalue weighted by Crippen LogP contribution is -2.52. The monoisotopic (exact) mass is 369 g/mol. The summed E-state index contributed by atoms with van der Waals surface area (Å²) in [6.45, 7) is 3.13. The van der Waals surface area contributed by atoms with Crippen molar-refractivity contribution in [2.75, 3.05) is 13.1 Å². The van der Waals surface area contributed by atoms with E-state index in [2.05, 4.69) is 0 Å². The van der Waals surface area contributed by atoms with E-state index in [1.54, 1.807) is 24.3 Å². The first-order chi connectivity index (χ1) is 12.5. The summed E-state index contributed by atoms with van der Waals surface area (Å²) in [4.78, 5) is 27.1. The molecule has 4 nitrogen and oxygen atoms in total. The zero-order valence-corrected chi connectivity index (χ0v) is 15.4. The number of nitrogens with zero attached hydrogens (tertiary/aromatic N) is 1. The summed E-state index contributed by atoms with van der Waals surface area (Å²) in [5.74, 6) is 0.798. The number of amides is 1. The third-order valence-electron chi connectivity index (χ3n) is 5.30. The average molecular weight is 370 g/mol. The largest absolute Gasteiger partial charge is 0.486 e. The molecule has 2 heterocycles. The molecule has 1 amide bonds. The number of piperidine rings is 1. The number of ketones is 1. The van der Waals surface area contributed by atoms with Crippen LogP contribution in [0.25, 0.3) is 0 Å². The van der Waals surface area contributed by atoms with E-state index in [-0.39, 0.29) is 11.7 Å². The normalized spacial score (nSPS) is 18.4. The van der Waals surface area contributed by atoms with Gasteiger partial charge >= 0.3 is 0 Å². The lowest BCUT2D eigenvalue weighted by atomic mass is 9.82. The Kier molecular flexibility index (Phi) is 4.23. The fraction of sp³-hybridized carbons (Fsp3) is 0.333.